The highest BCUT2D eigenvalue weighted by atomic mass is 35.5. The highest BCUT2D eigenvalue weighted by Crippen LogP contribution is 2.37. The second-order valence-electron chi connectivity index (χ2n) is 4.59. The van der Waals surface area contributed by atoms with E-state index in [1.165, 1.54) is 13.2 Å². The molecule has 2 aromatic carbocycles. The standard InChI is InChI=1S/C16H17ClFNO2/c1-10-4-6-12(8-13(10)18)19-9-11-5-7-14(20-2)16(21-3)15(11)17/h4-8,19H,9H2,1-3H3. The van der Waals surface area contributed by atoms with E-state index in [1.54, 1.807) is 26.2 Å². The summed E-state index contributed by atoms with van der Waals surface area (Å²) < 4.78 is 23.9. The summed E-state index contributed by atoms with van der Waals surface area (Å²) in [6.07, 6.45) is 0. The van der Waals surface area contributed by atoms with Gasteiger partial charge in [-0.2, -0.15) is 0 Å². The van der Waals surface area contributed by atoms with Crippen LogP contribution in [-0.2, 0) is 6.54 Å². The summed E-state index contributed by atoms with van der Waals surface area (Å²) >= 11 is 6.30. The average molecular weight is 310 g/mol. The van der Waals surface area contributed by atoms with Crippen LogP contribution in [0, 0.1) is 12.7 Å². The van der Waals surface area contributed by atoms with E-state index >= 15 is 0 Å². The van der Waals surface area contributed by atoms with Crippen LogP contribution in [0.3, 0.4) is 0 Å². The monoisotopic (exact) mass is 309 g/mol. The number of hydrogen-bond donors (Lipinski definition) is 1. The maximum Gasteiger partial charge on any atom is 0.179 e. The molecular formula is C16H17ClFNO2. The first kappa shape index (κ1) is 15.4. The zero-order valence-electron chi connectivity index (χ0n) is 12.2. The number of anilines is 1. The molecule has 0 amide bonds. The molecule has 2 rings (SSSR count). The number of benzene rings is 2. The third-order valence-corrected chi connectivity index (χ3v) is 3.63. The van der Waals surface area contributed by atoms with E-state index in [2.05, 4.69) is 5.32 Å². The average Bonchev–Trinajstić information content (AvgIpc) is 2.49. The van der Waals surface area contributed by atoms with Gasteiger partial charge in [0.2, 0.25) is 0 Å². The Morgan fingerprint density at radius 1 is 1.14 bits per heavy atom. The van der Waals surface area contributed by atoms with Crippen molar-refractivity contribution in [1.29, 1.82) is 0 Å². The van der Waals surface area contributed by atoms with Crippen LogP contribution < -0.4 is 14.8 Å². The largest absolute Gasteiger partial charge is 0.493 e. The number of hydrogen-bond acceptors (Lipinski definition) is 3. The van der Waals surface area contributed by atoms with Crippen molar-refractivity contribution in [2.45, 2.75) is 13.5 Å². The lowest BCUT2D eigenvalue weighted by atomic mass is 10.1. The van der Waals surface area contributed by atoms with E-state index in [0.29, 0.717) is 34.3 Å². The molecule has 0 radical (unpaired) electrons. The van der Waals surface area contributed by atoms with Crippen molar-refractivity contribution in [1.82, 2.24) is 0 Å². The Hall–Kier alpha value is -1.94. The SMILES string of the molecule is COc1ccc(CNc2ccc(C)c(F)c2)c(Cl)c1OC. The molecule has 0 aliphatic carbocycles. The second-order valence-corrected chi connectivity index (χ2v) is 4.97. The smallest absolute Gasteiger partial charge is 0.179 e. The fourth-order valence-electron chi connectivity index (χ4n) is 1.97. The number of ether oxygens (including phenoxy) is 2. The molecule has 0 unspecified atom stereocenters. The maximum atomic E-state index is 13.5. The molecule has 0 saturated heterocycles. The summed E-state index contributed by atoms with van der Waals surface area (Å²) in [5, 5.41) is 3.62. The lowest BCUT2D eigenvalue weighted by Crippen LogP contribution is -2.02. The fraction of sp³-hybridized carbons (Fsp3) is 0.250. The van der Waals surface area contributed by atoms with Crippen molar-refractivity contribution in [3.63, 3.8) is 0 Å². The quantitative estimate of drug-likeness (QED) is 0.887. The molecule has 0 spiro atoms. The van der Waals surface area contributed by atoms with Crippen molar-refractivity contribution < 1.29 is 13.9 Å². The molecule has 0 aromatic heterocycles. The molecular weight excluding hydrogens is 293 g/mol. The topological polar surface area (TPSA) is 30.5 Å². The molecule has 0 fully saturated rings. The predicted octanol–water partition coefficient (Wildman–Crippen LogP) is 4.42. The van der Waals surface area contributed by atoms with Crippen LogP contribution in [0.4, 0.5) is 10.1 Å². The predicted molar refractivity (Wildman–Crippen MR) is 83.0 cm³/mol. The van der Waals surface area contributed by atoms with E-state index in [-0.39, 0.29) is 5.82 Å². The highest BCUT2D eigenvalue weighted by Gasteiger charge is 2.12. The van der Waals surface area contributed by atoms with Crippen LogP contribution in [0.5, 0.6) is 11.5 Å². The van der Waals surface area contributed by atoms with Crippen LogP contribution in [0.15, 0.2) is 30.3 Å². The molecule has 0 heterocycles. The van der Waals surface area contributed by atoms with Gasteiger partial charge in [-0.1, -0.05) is 23.7 Å². The molecule has 112 valence electrons. The van der Waals surface area contributed by atoms with Gasteiger partial charge >= 0.3 is 0 Å². The van der Waals surface area contributed by atoms with E-state index in [9.17, 15) is 4.39 Å². The van der Waals surface area contributed by atoms with Crippen LogP contribution in [0.25, 0.3) is 0 Å². The molecule has 0 atom stereocenters. The van der Waals surface area contributed by atoms with Crippen molar-refractivity contribution >= 4 is 17.3 Å². The van der Waals surface area contributed by atoms with E-state index in [4.69, 9.17) is 21.1 Å². The molecule has 0 aliphatic rings. The Bertz CT molecular complexity index is 646. The second kappa shape index (κ2) is 6.68. The van der Waals surface area contributed by atoms with Crippen LogP contribution in [0.1, 0.15) is 11.1 Å². The van der Waals surface area contributed by atoms with Crippen molar-refractivity contribution in [3.8, 4) is 11.5 Å². The molecule has 21 heavy (non-hydrogen) atoms. The van der Waals surface area contributed by atoms with Crippen molar-refractivity contribution in [3.05, 3.63) is 52.3 Å². The Morgan fingerprint density at radius 3 is 2.52 bits per heavy atom. The van der Waals surface area contributed by atoms with Gasteiger partial charge in [0.25, 0.3) is 0 Å². The molecule has 0 aliphatic heterocycles. The van der Waals surface area contributed by atoms with Gasteiger partial charge < -0.3 is 14.8 Å². The molecule has 0 saturated carbocycles. The van der Waals surface area contributed by atoms with Gasteiger partial charge in [-0.05, 0) is 36.2 Å². The lowest BCUT2D eigenvalue weighted by Gasteiger charge is -2.14. The molecule has 1 N–H and O–H groups in total. The van der Waals surface area contributed by atoms with Gasteiger partial charge in [-0.15, -0.1) is 0 Å². The van der Waals surface area contributed by atoms with Crippen LogP contribution in [-0.4, -0.2) is 14.2 Å². The van der Waals surface area contributed by atoms with Gasteiger partial charge in [0.05, 0.1) is 19.2 Å². The van der Waals surface area contributed by atoms with Gasteiger partial charge in [0.1, 0.15) is 5.82 Å². The molecule has 0 bridgehead atoms. The Kier molecular flexibility index (Phi) is 4.91. The molecule has 5 heteroatoms. The highest BCUT2D eigenvalue weighted by molar-refractivity contribution is 6.33. The summed E-state index contributed by atoms with van der Waals surface area (Å²) in [7, 11) is 3.09. The molecule has 2 aromatic rings. The number of rotatable bonds is 5. The first-order chi connectivity index (χ1) is 10.1. The van der Waals surface area contributed by atoms with Gasteiger partial charge in [-0.3, -0.25) is 0 Å². The van der Waals surface area contributed by atoms with Gasteiger partial charge in [0.15, 0.2) is 11.5 Å². The minimum Gasteiger partial charge on any atom is -0.493 e. The Balaban J connectivity index is 2.18. The number of methoxy groups -OCH3 is 2. The number of nitrogens with one attached hydrogen (secondary N) is 1. The van der Waals surface area contributed by atoms with E-state index < -0.39 is 0 Å². The normalized spacial score (nSPS) is 10.3. The van der Waals surface area contributed by atoms with Gasteiger partial charge in [-0.25, -0.2) is 4.39 Å². The number of aryl methyl sites for hydroxylation is 1. The minimum atomic E-state index is -0.238. The zero-order chi connectivity index (χ0) is 15.4. The first-order valence-electron chi connectivity index (χ1n) is 6.46. The Morgan fingerprint density at radius 2 is 1.90 bits per heavy atom. The summed E-state index contributed by atoms with van der Waals surface area (Å²) in [6, 6.07) is 8.66. The van der Waals surface area contributed by atoms with Crippen LogP contribution >= 0.6 is 11.6 Å². The minimum absolute atomic E-state index is 0.238. The third-order valence-electron chi connectivity index (χ3n) is 3.22. The van der Waals surface area contributed by atoms with Gasteiger partial charge in [0, 0.05) is 12.2 Å². The summed E-state index contributed by atoms with van der Waals surface area (Å²) in [5.74, 6) is 0.833. The van der Waals surface area contributed by atoms with Crippen LogP contribution in [0.2, 0.25) is 5.02 Å². The number of halogens is 2. The first-order valence-corrected chi connectivity index (χ1v) is 6.84. The molecule has 3 nitrogen and oxygen atoms in total. The van der Waals surface area contributed by atoms with Crippen molar-refractivity contribution in [2.75, 3.05) is 19.5 Å². The summed E-state index contributed by atoms with van der Waals surface area (Å²) in [4.78, 5) is 0. The van der Waals surface area contributed by atoms with Crippen molar-refractivity contribution in [2.24, 2.45) is 0 Å². The third kappa shape index (κ3) is 3.39. The van der Waals surface area contributed by atoms with E-state index in [0.717, 1.165) is 5.56 Å². The van der Waals surface area contributed by atoms with E-state index in [1.807, 2.05) is 12.1 Å². The fourth-order valence-corrected chi connectivity index (χ4v) is 2.27. The maximum absolute atomic E-state index is 13.5. The lowest BCUT2D eigenvalue weighted by molar-refractivity contribution is 0.355. The Labute approximate surface area is 128 Å². The summed E-state index contributed by atoms with van der Waals surface area (Å²) in [6.45, 7) is 2.19. The zero-order valence-corrected chi connectivity index (χ0v) is 12.9. The summed E-state index contributed by atoms with van der Waals surface area (Å²) in [5.41, 5.74) is 2.16.